The maximum absolute atomic E-state index is 14.1. The van der Waals surface area contributed by atoms with Crippen LogP contribution in [0, 0.1) is 11.7 Å². The molecule has 2 aliphatic heterocycles. The lowest BCUT2D eigenvalue weighted by Gasteiger charge is -2.40. The number of benzene rings is 2. The average Bonchev–Trinajstić information content (AvgIpc) is 2.84. The highest BCUT2D eigenvalue weighted by atomic mass is 19.1. The fourth-order valence-corrected chi connectivity index (χ4v) is 4.63. The second-order valence-electron chi connectivity index (χ2n) is 8.09. The summed E-state index contributed by atoms with van der Waals surface area (Å²) < 4.78 is 19.6. The van der Waals surface area contributed by atoms with E-state index in [0.29, 0.717) is 38.5 Å². The van der Waals surface area contributed by atoms with Crippen LogP contribution in [-0.2, 0) is 14.9 Å². The number of hydrogen-bond acceptors (Lipinski definition) is 3. The summed E-state index contributed by atoms with van der Waals surface area (Å²) in [5.41, 5.74) is 1.99. The molecule has 2 aromatic rings. The Morgan fingerprint density at radius 2 is 1.79 bits per heavy atom. The van der Waals surface area contributed by atoms with Crippen molar-refractivity contribution < 1.29 is 13.9 Å². The molecule has 148 valence electrons. The number of hydrogen-bond donors (Lipinski definition) is 0. The number of anilines is 2. The zero-order valence-electron chi connectivity index (χ0n) is 16.5. The number of halogens is 1. The minimum absolute atomic E-state index is 0.0519. The molecule has 0 radical (unpaired) electrons. The van der Waals surface area contributed by atoms with Crippen molar-refractivity contribution in [3.63, 3.8) is 0 Å². The van der Waals surface area contributed by atoms with Gasteiger partial charge in [0, 0.05) is 33.4 Å². The van der Waals surface area contributed by atoms with Gasteiger partial charge >= 0.3 is 0 Å². The molecule has 0 aromatic heterocycles. The fourth-order valence-electron chi connectivity index (χ4n) is 4.63. The third-order valence-corrected chi connectivity index (χ3v) is 6.04. The molecule has 0 aliphatic carbocycles. The summed E-state index contributed by atoms with van der Waals surface area (Å²) in [7, 11) is 2.07. The third-order valence-electron chi connectivity index (χ3n) is 6.04. The Kier molecular flexibility index (Phi) is 5.11. The zero-order chi connectivity index (χ0) is 19.7. The van der Waals surface area contributed by atoms with Crippen LogP contribution in [-0.4, -0.2) is 39.3 Å². The van der Waals surface area contributed by atoms with E-state index in [2.05, 4.69) is 24.9 Å². The van der Waals surface area contributed by atoms with Gasteiger partial charge in [0.25, 0.3) is 0 Å². The van der Waals surface area contributed by atoms with Gasteiger partial charge < -0.3 is 14.5 Å². The van der Waals surface area contributed by atoms with Crippen molar-refractivity contribution in [2.24, 2.45) is 5.92 Å². The van der Waals surface area contributed by atoms with Gasteiger partial charge in [0.1, 0.15) is 5.82 Å². The summed E-state index contributed by atoms with van der Waals surface area (Å²) in [6.45, 7) is 4.72. The molecule has 0 saturated carbocycles. The monoisotopic (exact) mass is 382 g/mol. The molecule has 2 aromatic carbocycles. The highest BCUT2D eigenvalue weighted by molar-refractivity contribution is 6.03. The summed E-state index contributed by atoms with van der Waals surface area (Å²) in [5, 5.41) is 0. The molecule has 1 saturated heterocycles. The Bertz CT molecular complexity index is 863. The number of amides is 1. The molecular weight excluding hydrogens is 355 g/mol. The van der Waals surface area contributed by atoms with Gasteiger partial charge in [-0.25, -0.2) is 4.39 Å². The van der Waals surface area contributed by atoms with Crippen LogP contribution in [0.4, 0.5) is 15.8 Å². The molecule has 28 heavy (non-hydrogen) atoms. The number of carbonyl (C=O) groups excluding carboxylic acids is 1. The van der Waals surface area contributed by atoms with Gasteiger partial charge in [-0.3, -0.25) is 4.79 Å². The van der Waals surface area contributed by atoms with E-state index in [9.17, 15) is 9.18 Å². The van der Waals surface area contributed by atoms with E-state index in [0.717, 1.165) is 23.5 Å². The Balaban J connectivity index is 1.81. The molecule has 2 aliphatic rings. The van der Waals surface area contributed by atoms with Gasteiger partial charge in [0.15, 0.2) is 0 Å². The second-order valence-corrected chi connectivity index (χ2v) is 8.09. The fraction of sp³-hybridized carbons (Fsp3) is 0.435. The molecule has 2 heterocycles. The maximum atomic E-state index is 14.1. The number of ether oxygens (including phenoxy) is 1. The minimum Gasteiger partial charge on any atom is -0.381 e. The molecule has 1 atom stereocenters. The summed E-state index contributed by atoms with van der Waals surface area (Å²) in [5.74, 6) is 0.0716. The van der Waals surface area contributed by atoms with Crippen molar-refractivity contribution in [3.05, 3.63) is 59.9 Å². The molecule has 0 unspecified atom stereocenters. The van der Waals surface area contributed by atoms with Crippen molar-refractivity contribution in [1.29, 1.82) is 0 Å². The number of carbonyl (C=O) groups is 1. The van der Waals surface area contributed by atoms with Crippen LogP contribution in [0.15, 0.2) is 48.5 Å². The minimum atomic E-state index is -0.754. The van der Waals surface area contributed by atoms with E-state index in [1.54, 1.807) is 6.07 Å². The predicted octanol–water partition coefficient (Wildman–Crippen LogP) is 3.99. The lowest BCUT2D eigenvalue weighted by atomic mass is 9.72. The summed E-state index contributed by atoms with van der Waals surface area (Å²) >= 11 is 0. The molecule has 0 spiro atoms. The second kappa shape index (κ2) is 7.55. The van der Waals surface area contributed by atoms with E-state index in [-0.39, 0.29) is 11.7 Å². The summed E-state index contributed by atoms with van der Waals surface area (Å²) in [6.07, 6.45) is 1.14. The smallest absolute Gasteiger partial charge is 0.237 e. The van der Waals surface area contributed by atoms with E-state index in [4.69, 9.17) is 4.74 Å². The summed E-state index contributed by atoms with van der Waals surface area (Å²) in [4.78, 5) is 18.2. The highest BCUT2D eigenvalue weighted by Crippen LogP contribution is 2.41. The van der Waals surface area contributed by atoms with Crippen LogP contribution < -0.4 is 9.80 Å². The van der Waals surface area contributed by atoms with Crippen molar-refractivity contribution in [2.75, 3.05) is 43.2 Å². The molecule has 5 heteroatoms. The predicted molar refractivity (Wildman–Crippen MR) is 109 cm³/mol. The SMILES string of the molecule is C[C@H]1CN(C)c2ccccc2N(C(=O)C2(c3cccc(F)c3)CCOCC2)C1. The summed E-state index contributed by atoms with van der Waals surface area (Å²) in [6, 6.07) is 14.6. The van der Waals surface area contributed by atoms with Crippen molar-refractivity contribution in [1.82, 2.24) is 0 Å². The van der Waals surface area contributed by atoms with Gasteiger partial charge in [0.2, 0.25) is 5.91 Å². The number of rotatable bonds is 2. The van der Waals surface area contributed by atoms with Crippen LogP contribution in [0.25, 0.3) is 0 Å². The van der Waals surface area contributed by atoms with E-state index in [1.807, 2.05) is 29.2 Å². The molecule has 4 nitrogen and oxygen atoms in total. The van der Waals surface area contributed by atoms with E-state index < -0.39 is 5.41 Å². The van der Waals surface area contributed by atoms with Crippen LogP contribution in [0.1, 0.15) is 25.3 Å². The van der Waals surface area contributed by atoms with Crippen LogP contribution in [0.2, 0.25) is 0 Å². The third kappa shape index (κ3) is 3.28. The van der Waals surface area contributed by atoms with Crippen LogP contribution in [0.5, 0.6) is 0 Å². The molecule has 1 fully saturated rings. The topological polar surface area (TPSA) is 32.8 Å². The van der Waals surface area contributed by atoms with Crippen LogP contribution >= 0.6 is 0 Å². The molecule has 0 N–H and O–H groups in total. The van der Waals surface area contributed by atoms with Gasteiger partial charge in [0.05, 0.1) is 16.8 Å². The molecule has 4 rings (SSSR count). The van der Waals surface area contributed by atoms with Gasteiger partial charge in [-0.05, 0) is 48.6 Å². The largest absolute Gasteiger partial charge is 0.381 e. The molecule has 0 bridgehead atoms. The average molecular weight is 382 g/mol. The number of para-hydroxylation sites is 2. The first-order chi connectivity index (χ1) is 13.5. The van der Waals surface area contributed by atoms with Crippen molar-refractivity contribution in [3.8, 4) is 0 Å². The van der Waals surface area contributed by atoms with E-state index in [1.165, 1.54) is 12.1 Å². The van der Waals surface area contributed by atoms with Gasteiger partial charge in [-0.2, -0.15) is 0 Å². The first-order valence-electron chi connectivity index (χ1n) is 9.97. The first kappa shape index (κ1) is 18.9. The Morgan fingerprint density at radius 1 is 1.07 bits per heavy atom. The standard InChI is InChI=1S/C23H27FN2O2/c1-17-15-25(2)20-8-3-4-9-21(20)26(16-17)22(27)23(10-12-28-13-11-23)18-6-5-7-19(24)14-18/h3-9,14,17H,10-13,15-16H2,1-2H3/t17-/m0/s1. The highest BCUT2D eigenvalue weighted by Gasteiger charge is 2.45. The Morgan fingerprint density at radius 3 is 2.50 bits per heavy atom. The quantitative estimate of drug-likeness (QED) is 0.787. The van der Waals surface area contributed by atoms with Gasteiger partial charge in [-0.15, -0.1) is 0 Å². The lowest BCUT2D eigenvalue weighted by Crippen LogP contribution is -2.51. The normalized spacial score (nSPS) is 21.8. The number of fused-ring (bicyclic) bond motifs is 1. The molecular formula is C23H27FN2O2. The number of nitrogens with zero attached hydrogens (tertiary/aromatic N) is 2. The van der Waals surface area contributed by atoms with Gasteiger partial charge in [-0.1, -0.05) is 31.2 Å². The van der Waals surface area contributed by atoms with Crippen molar-refractivity contribution >= 4 is 17.3 Å². The van der Waals surface area contributed by atoms with E-state index >= 15 is 0 Å². The zero-order valence-corrected chi connectivity index (χ0v) is 16.5. The Hall–Kier alpha value is -2.40. The first-order valence-corrected chi connectivity index (χ1v) is 9.97. The van der Waals surface area contributed by atoms with Crippen molar-refractivity contribution in [2.45, 2.75) is 25.2 Å². The molecule has 1 amide bonds. The van der Waals surface area contributed by atoms with Crippen LogP contribution in [0.3, 0.4) is 0 Å². The maximum Gasteiger partial charge on any atom is 0.237 e. The Labute approximate surface area is 165 Å². The lowest BCUT2D eigenvalue weighted by molar-refractivity contribution is -0.127.